The highest BCUT2D eigenvalue weighted by Gasteiger charge is 2.19. The molecule has 0 aliphatic carbocycles. The number of methoxy groups -OCH3 is 1. The Hall–Kier alpha value is -2.62. The Bertz CT molecular complexity index is 765. The Morgan fingerprint density at radius 3 is 2.28 bits per heavy atom. The van der Waals surface area contributed by atoms with E-state index in [1.807, 2.05) is 51.1 Å². The number of nitrogens with zero attached hydrogens (tertiary/aromatic N) is 1. The molecule has 0 fully saturated rings. The summed E-state index contributed by atoms with van der Waals surface area (Å²) in [5.41, 5.74) is 4.14. The van der Waals surface area contributed by atoms with Gasteiger partial charge in [-0.2, -0.15) is 0 Å². The van der Waals surface area contributed by atoms with Crippen molar-refractivity contribution >= 4 is 17.6 Å². The second-order valence-electron chi connectivity index (χ2n) is 6.33. The molecule has 0 saturated carbocycles. The quantitative estimate of drug-likeness (QED) is 0.756. The van der Waals surface area contributed by atoms with Crippen molar-refractivity contribution in [3.05, 3.63) is 53.6 Å². The van der Waals surface area contributed by atoms with Crippen molar-refractivity contribution in [2.45, 2.75) is 27.2 Å². The zero-order valence-corrected chi connectivity index (χ0v) is 15.5. The second-order valence-corrected chi connectivity index (χ2v) is 6.33. The Balaban J connectivity index is 2.52. The number of hydrogen-bond donors (Lipinski definition) is 0. The molecule has 2 aromatic rings. The lowest BCUT2D eigenvalue weighted by molar-refractivity contribution is -0.121. The monoisotopic (exact) mass is 339 g/mol. The Kier molecular flexibility index (Phi) is 5.97. The van der Waals surface area contributed by atoms with Crippen LogP contribution < -0.4 is 4.90 Å². The van der Waals surface area contributed by atoms with Gasteiger partial charge in [0.2, 0.25) is 5.91 Å². The first-order chi connectivity index (χ1) is 11.9. The predicted molar refractivity (Wildman–Crippen MR) is 101 cm³/mol. The van der Waals surface area contributed by atoms with Crippen LogP contribution in [0.5, 0.6) is 0 Å². The normalized spacial score (nSPS) is 11.7. The van der Waals surface area contributed by atoms with Crippen molar-refractivity contribution in [1.82, 2.24) is 0 Å². The molecule has 2 rings (SSSR count). The molecule has 0 saturated heterocycles. The van der Waals surface area contributed by atoms with E-state index in [1.165, 1.54) is 7.11 Å². The topological polar surface area (TPSA) is 46.6 Å². The van der Waals surface area contributed by atoms with E-state index in [-0.39, 0.29) is 11.8 Å². The molecule has 0 spiro atoms. The van der Waals surface area contributed by atoms with E-state index >= 15 is 0 Å². The summed E-state index contributed by atoms with van der Waals surface area (Å²) < 4.78 is 4.87. The fraction of sp³-hybridized carbons (Fsp3) is 0.333. The van der Waals surface area contributed by atoms with Gasteiger partial charge in [-0.3, -0.25) is 4.79 Å². The minimum Gasteiger partial charge on any atom is -0.465 e. The maximum Gasteiger partial charge on any atom is 0.337 e. The third kappa shape index (κ3) is 4.27. The van der Waals surface area contributed by atoms with Crippen molar-refractivity contribution in [3.8, 4) is 11.1 Å². The minimum absolute atomic E-state index is 0.0272. The first kappa shape index (κ1) is 18.7. The van der Waals surface area contributed by atoms with Gasteiger partial charge >= 0.3 is 5.97 Å². The first-order valence-electron chi connectivity index (χ1n) is 8.45. The van der Waals surface area contributed by atoms with Gasteiger partial charge < -0.3 is 9.64 Å². The number of rotatable bonds is 5. The average Bonchev–Trinajstić information content (AvgIpc) is 2.65. The van der Waals surface area contributed by atoms with E-state index < -0.39 is 5.97 Å². The summed E-state index contributed by atoms with van der Waals surface area (Å²) in [6, 6.07) is 13.5. The largest absolute Gasteiger partial charge is 0.465 e. The average molecular weight is 339 g/mol. The lowest BCUT2D eigenvalue weighted by Crippen LogP contribution is -2.31. The summed E-state index contributed by atoms with van der Waals surface area (Å²) in [5.74, 6) is -0.464. The zero-order chi connectivity index (χ0) is 18.6. The minimum atomic E-state index is -0.417. The number of carbonyl (C=O) groups is 2. The highest BCUT2D eigenvalue weighted by molar-refractivity contribution is 5.98. The van der Waals surface area contributed by atoms with E-state index in [0.29, 0.717) is 11.3 Å². The molecule has 1 amide bonds. The van der Waals surface area contributed by atoms with Gasteiger partial charge in [0.05, 0.1) is 12.7 Å². The van der Waals surface area contributed by atoms with Crippen LogP contribution >= 0.6 is 0 Å². The highest BCUT2D eigenvalue weighted by atomic mass is 16.5. The molecule has 25 heavy (non-hydrogen) atoms. The third-order valence-electron chi connectivity index (χ3n) is 4.48. The van der Waals surface area contributed by atoms with Gasteiger partial charge in [0.25, 0.3) is 0 Å². The van der Waals surface area contributed by atoms with Crippen molar-refractivity contribution in [2.24, 2.45) is 5.92 Å². The summed E-state index contributed by atoms with van der Waals surface area (Å²) in [6.45, 7) is 5.92. The van der Waals surface area contributed by atoms with Gasteiger partial charge in [-0.25, -0.2) is 4.79 Å². The molecule has 132 valence electrons. The number of amides is 1. The molecule has 0 aliphatic rings. The molecular formula is C21H25NO3. The van der Waals surface area contributed by atoms with Crippen LogP contribution in [0.15, 0.2) is 42.5 Å². The molecule has 0 bridgehead atoms. The highest BCUT2D eigenvalue weighted by Crippen LogP contribution is 2.28. The molecule has 0 aromatic heterocycles. The van der Waals surface area contributed by atoms with Crippen LogP contribution in [0.1, 0.15) is 36.2 Å². The summed E-state index contributed by atoms with van der Waals surface area (Å²) in [5, 5.41) is 0. The number of hydrogen-bond acceptors (Lipinski definition) is 3. The summed E-state index contributed by atoms with van der Waals surface area (Å²) >= 11 is 0. The van der Waals surface area contributed by atoms with Crippen LogP contribution in [0.4, 0.5) is 5.69 Å². The van der Waals surface area contributed by atoms with Gasteiger partial charge in [0.15, 0.2) is 0 Å². The molecule has 0 radical (unpaired) electrons. The SMILES string of the molecule is CCC(C)C(=O)N(C)c1cc(C(=O)OC)cc(-c2ccc(C)cc2)c1. The maximum atomic E-state index is 12.5. The lowest BCUT2D eigenvalue weighted by atomic mass is 10.00. The molecule has 0 heterocycles. The molecular weight excluding hydrogens is 314 g/mol. The number of aryl methyl sites for hydroxylation is 1. The summed E-state index contributed by atoms with van der Waals surface area (Å²) in [6.07, 6.45) is 0.769. The summed E-state index contributed by atoms with van der Waals surface area (Å²) in [4.78, 5) is 26.2. The number of carbonyl (C=O) groups excluding carboxylic acids is 2. The Morgan fingerprint density at radius 1 is 1.08 bits per heavy atom. The van der Waals surface area contributed by atoms with Crippen LogP contribution in [-0.4, -0.2) is 26.0 Å². The zero-order valence-electron chi connectivity index (χ0n) is 15.5. The van der Waals surface area contributed by atoms with Crippen LogP contribution in [0.2, 0.25) is 0 Å². The lowest BCUT2D eigenvalue weighted by Gasteiger charge is -2.22. The maximum absolute atomic E-state index is 12.5. The van der Waals surface area contributed by atoms with Crippen molar-refractivity contribution in [1.29, 1.82) is 0 Å². The van der Waals surface area contributed by atoms with Crippen molar-refractivity contribution in [2.75, 3.05) is 19.1 Å². The van der Waals surface area contributed by atoms with E-state index in [1.54, 1.807) is 24.1 Å². The summed E-state index contributed by atoms with van der Waals surface area (Å²) in [7, 11) is 3.10. The van der Waals surface area contributed by atoms with E-state index in [9.17, 15) is 9.59 Å². The van der Waals surface area contributed by atoms with Crippen molar-refractivity contribution in [3.63, 3.8) is 0 Å². The van der Waals surface area contributed by atoms with Crippen LogP contribution in [0.25, 0.3) is 11.1 Å². The molecule has 0 N–H and O–H groups in total. The second kappa shape index (κ2) is 7.97. The molecule has 0 aliphatic heterocycles. The van der Waals surface area contributed by atoms with E-state index in [2.05, 4.69) is 0 Å². The van der Waals surface area contributed by atoms with Gasteiger partial charge in [-0.05, 0) is 42.7 Å². The van der Waals surface area contributed by atoms with Gasteiger partial charge in [0.1, 0.15) is 0 Å². The Morgan fingerprint density at radius 2 is 1.72 bits per heavy atom. The number of anilines is 1. The molecule has 4 nitrogen and oxygen atoms in total. The van der Waals surface area contributed by atoms with Gasteiger partial charge in [-0.1, -0.05) is 43.7 Å². The fourth-order valence-corrected chi connectivity index (χ4v) is 2.59. The van der Waals surface area contributed by atoms with Crippen LogP contribution in [0.3, 0.4) is 0 Å². The first-order valence-corrected chi connectivity index (χ1v) is 8.45. The van der Waals surface area contributed by atoms with Gasteiger partial charge in [-0.15, -0.1) is 0 Å². The molecule has 2 aromatic carbocycles. The van der Waals surface area contributed by atoms with Gasteiger partial charge in [0, 0.05) is 18.7 Å². The predicted octanol–water partition coefficient (Wildman–Crippen LogP) is 4.46. The molecule has 4 heteroatoms. The molecule has 1 unspecified atom stereocenters. The van der Waals surface area contributed by atoms with Crippen LogP contribution in [0, 0.1) is 12.8 Å². The fourth-order valence-electron chi connectivity index (χ4n) is 2.59. The third-order valence-corrected chi connectivity index (χ3v) is 4.48. The van der Waals surface area contributed by atoms with Crippen LogP contribution in [-0.2, 0) is 9.53 Å². The smallest absolute Gasteiger partial charge is 0.337 e. The standard InChI is InChI=1S/C21H25NO3/c1-6-15(3)20(23)22(4)19-12-17(11-18(13-19)21(24)25-5)16-9-7-14(2)8-10-16/h7-13,15H,6H2,1-5H3. The van der Waals surface area contributed by atoms with E-state index in [0.717, 1.165) is 23.1 Å². The number of esters is 1. The molecule has 1 atom stereocenters. The van der Waals surface area contributed by atoms with E-state index in [4.69, 9.17) is 4.74 Å². The van der Waals surface area contributed by atoms with Crippen molar-refractivity contribution < 1.29 is 14.3 Å². The number of ether oxygens (including phenoxy) is 1. The number of benzene rings is 2. The Labute approximate surface area is 149 Å².